The number of hydrogen-bond acceptors (Lipinski definition) is 3. The fraction of sp³-hybridized carbons (Fsp3) is 0.500. The molecule has 0 spiro atoms. The van der Waals surface area contributed by atoms with Crippen LogP contribution in [0.15, 0.2) is 24.3 Å². The molecule has 2 aliphatic rings. The first-order valence-corrected chi connectivity index (χ1v) is 6.12. The Labute approximate surface area is 113 Å². The molecular formula is C14H18ClNO2. The summed E-state index contributed by atoms with van der Waals surface area (Å²) in [5.74, 6) is 0.326. The number of methoxy groups -OCH3 is 1. The van der Waals surface area contributed by atoms with Gasteiger partial charge in [0.05, 0.1) is 12.5 Å². The molecule has 3 rings (SSSR count). The normalized spacial score (nSPS) is 28.8. The summed E-state index contributed by atoms with van der Waals surface area (Å²) in [6, 6.07) is 8.43. The molecule has 1 aliphatic heterocycles. The van der Waals surface area contributed by atoms with Crippen molar-refractivity contribution in [3.8, 4) is 0 Å². The van der Waals surface area contributed by atoms with Crippen LogP contribution in [0.1, 0.15) is 11.1 Å². The van der Waals surface area contributed by atoms with Crippen molar-refractivity contribution in [2.24, 2.45) is 11.3 Å². The molecule has 2 unspecified atom stereocenters. The Morgan fingerprint density at radius 2 is 2.11 bits per heavy atom. The molecule has 1 aromatic rings. The van der Waals surface area contributed by atoms with Gasteiger partial charge in [-0.15, -0.1) is 12.4 Å². The fourth-order valence-corrected chi connectivity index (χ4v) is 3.33. The zero-order valence-electron chi connectivity index (χ0n) is 10.4. The highest BCUT2D eigenvalue weighted by molar-refractivity contribution is 5.85. The van der Waals surface area contributed by atoms with Gasteiger partial charge in [0, 0.05) is 6.54 Å². The lowest BCUT2D eigenvalue weighted by Crippen LogP contribution is -2.45. The van der Waals surface area contributed by atoms with Crippen molar-refractivity contribution >= 4 is 18.4 Å². The lowest BCUT2D eigenvalue weighted by atomic mass is 9.66. The van der Waals surface area contributed by atoms with E-state index < -0.39 is 0 Å². The van der Waals surface area contributed by atoms with Gasteiger partial charge in [0.1, 0.15) is 0 Å². The molecule has 1 aromatic carbocycles. The van der Waals surface area contributed by atoms with Gasteiger partial charge >= 0.3 is 5.97 Å². The van der Waals surface area contributed by atoms with Gasteiger partial charge in [-0.2, -0.15) is 0 Å². The van der Waals surface area contributed by atoms with Gasteiger partial charge in [-0.3, -0.25) is 4.79 Å². The summed E-state index contributed by atoms with van der Waals surface area (Å²) in [6.45, 7) is 1.67. The lowest BCUT2D eigenvalue weighted by molar-refractivity contribution is -0.154. The molecular weight excluding hydrogens is 250 g/mol. The molecule has 1 N–H and O–H groups in total. The van der Waals surface area contributed by atoms with Crippen molar-refractivity contribution in [2.45, 2.75) is 12.8 Å². The van der Waals surface area contributed by atoms with E-state index >= 15 is 0 Å². The molecule has 18 heavy (non-hydrogen) atoms. The van der Waals surface area contributed by atoms with Crippen molar-refractivity contribution in [2.75, 3.05) is 20.2 Å². The third-order valence-corrected chi connectivity index (χ3v) is 4.30. The largest absolute Gasteiger partial charge is 0.469 e. The number of carbonyl (C=O) groups excluding carboxylic acids is 1. The Morgan fingerprint density at radius 1 is 1.39 bits per heavy atom. The van der Waals surface area contributed by atoms with E-state index in [0.717, 1.165) is 25.9 Å². The predicted octanol–water partition coefficient (Wildman–Crippen LogP) is 1.59. The van der Waals surface area contributed by atoms with Gasteiger partial charge in [0.15, 0.2) is 0 Å². The Morgan fingerprint density at radius 3 is 2.83 bits per heavy atom. The molecule has 0 radical (unpaired) electrons. The number of hydrogen-bond donors (Lipinski definition) is 1. The lowest BCUT2D eigenvalue weighted by Gasteiger charge is -2.37. The quantitative estimate of drug-likeness (QED) is 0.786. The molecule has 4 heteroatoms. The van der Waals surface area contributed by atoms with Crippen LogP contribution in [0, 0.1) is 11.3 Å². The molecule has 1 aliphatic carbocycles. The highest BCUT2D eigenvalue weighted by Gasteiger charge is 2.52. The molecule has 3 nitrogen and oxygen atoms in total. The van der Waals surface area contributed by atoms with Crippen molar-refractivity contribution in [3.05, 3.63) is 35.4 Å². The van der Waals surface area contributed by atoms with E-state index in [1.165, 1.54) is 18.2 Å². The van der Waals surface area contributed by atoms with Gasteiger partial charge in [0.2, 0.25) is 0 Å². The van der Waals surface area contributed by atoms with E-state index in [0.29, 0.717) is 5.92 Å². The van der Waals surface area contributed by atoms with Crippen molar-refractivity contribution in [3.63, 3.8) is 0 Å². The van der Waals surface area contributed by atoms with E-state index in [2.05, 4.69) is 23.5 Å². The average molecular weight is 268 g/mol. The molecule has 0 bridgehead atoms. The minimum atomic E-state index is -0.330. The molecule has 0 amide bonds. The van der Waals surface area contributed by atoms with Crippen LogP contribution in [0.5, 0.6) is 0 Å². The summed E-state index contributed by atoms with van der Waals surface area (Å²) < 4.78 is 5.03. The summed E-state index contributed by atoms with van der Waals surface area (Å²) in [7, 11) is 1.49. The zero-order valence-corrected chi connectivity index (χ0v) is 11.3. The Bertz CT molecular complexity index is 463. The standard InChI is InChI=1S/C14H17NO2.ClH/c1-17-13(16)14-7-11-5-3-2-4-10(11)6-12(14)8-15-9-14;/h2-5,12,15H,6-9H2,1H3;1H. The van der Waals surface area contributed by atoms with Crippen molar-refractivity contribution in [1.29, 1.82) is 0 Å². The van der Waals surface area contributed by atoms with E-state index in [9.17, 15) is 4.79 Å². The van der Waals surface area contributed by atoms with E-state index in [-0.39, 0.29) is 23.8 Å². The monoisotopic (exact) mass is 267 g/mol. The number of nitrogens with one attached hydrogen (secondary N) is 1. The smallest absolute Gasteiger partial charge is 0.313 e. The number of carbonyl (C=O) groups is 1. The first-order valence-electron chi connectivity index (χ1n) is 6.12. The summed E-state index contributed by atoms with van der Waals surface area (Å²) in [5, 5.41) is 3.35. The maximum atomic E-state index is 12.1. The van der Waals surface area contributed by atoms with Gasteiger partial charge in [-0.05, 0) is 36.4 Å². The molecule has 0 aromatic heterocycles. The fourth-order valence-electron chi connectivity index (χ4n) is 3.33. The van der Waals surface area contributed by atoms with Crippen LogP contribution in [-0.4, -0.2) is 26.2 Å². The van der Waals surface area contributed by atoms with Gasteiger partial charge in [0.25, 0.3) is 0 Å². The Kier molecular flexibility index (Phi) is 3.64. The van der Waals surface area contributed by atoms with E-state index in [4.69, 9.17) is 4.74 Å². The van der Waals surface area contributed by atoms with Crippen LogP contribution in [0.3, 0.4) is 0 Å². The summed E-state index contributed by atoms with van der Waals surface area (Å²) in [4.78, 5) is 12.1. The molecule has 2 atom stereocenters. The Balaban J connectivity index is 0.00000120. The van der Waals surface area contributed by atoms with Crippen LogP contribution < -0.4 is 5.32 Å². The van der Waals surface area contributed by atoms with Crippen molar-refractivity contribution in [1.82, 2.24) is 5.32 Å². The number of halogens is 1. The highest BCUT2D eigenvalue weighted by Crippen LogP contribution is 2.43. The van der Waals surface area contributed by atoms with Gasteiger partial charge < -0.3 is 10.1 Å². The minimum absolute atomic E-state index is 0. The van der Waals surface area contributed by atoms with E-state index in [1.54, 1.807) is 0 Å². The van der Waals surface area contributed by atoms with Crippen molar-refractivity contribution < 1.29 is 9.53 Å². The second-order valence-electron chi connectivity index (χ2n) is 5.13. The maximum absolute atomic E-state index is 12.1. The average Bonchev–Trinajstić information content (AvgIpc) is 2.78. The first kappa shape index (κ1) is 13.4. The van der Waals surface area contributed by atoms with Gasteiger partial charge in [-0.25, -0.2) is 0 Å². The van der Waals surface area contributed by atoms with Crippen LogP contribution in [0.25, 0.3) is 0 Å². The summed E-state index contributed by atoms with van der Waals surface area (Å²) in [6.07, 6.45) is 1.80. The summed E-state index contributed by atoms with van der Waals surface area (Å²) in [5.41, 5.74) is 2.36. The summed E-state index contributed by atoms with van der Waals surface area (Å²) >= 11 is 0. The van der Waals surface area contributed by atoms with Crippen LogP contribution in [0.2, 0.25) is 0 Å². The number of benzene rings is 1. The van der Waals surface area contributed by atoms with E-state index in [1.807, 2.05) is 6.07 Å². The maximum Gasteiger partial charge on any atom is 0.313 e. The number of esters is 1. The topological polar surface area (TPSA) is 38.3 Å². The van der Waals surface area contributed by atoms with Crippen LogP contribution in [0.4, 0.5) is 0 Å². The SMILES string of the molecule is COC(=O)C12CNCC1Cc1ccccc1C2.Cl. The second-order valence-corrected chi connectivity index (χ2v) is 5.13. The molecule has 0 saturated carbocycles. The Hall–Kier alpha value is -1.06. The minimum Gasteiger partial charge on any atom is -0.469 e. The predicted molar refractivity (Wildman–Crippen MR) is 71.9 cm³/mol. The number of fused-ring (bicyclic) bond motifs is 2. The van der Waals surface area contributed by atoms with Crippen LogP contribution >= 0.6 is 12.4 Å². The van der Waals surface area contributed by atoms with Crippen LogP contribution in [-0.2, 0) is 22.4 Å². The first-order chi connectivity index (χ1) is 8.26. The molecule has 98 valence electrons. The molecule has 1 heterocycles. The number of rotatable bonds is 1. The third kappa shape index (κ3) is 1.82. The third-order valence-electron chi connectivity index (χ3n) is 4.30. The number of ether oxygens (including phenoxy) is 1. The molecule has 1 fully saturated rings. The van der Waals surface area contributed by atoms with Gasteiger partial charge in [-0.1, -0.05) is 24.3 Å². The highest BCUT2D eigenvalue weighted by atomic mass is 35.5. The zero-order chi connectivity index (χ0) is 11.9. The molecule has 1 saturated heterocycles. The second kappa shape index (κ2) is 4.90.